The molecule has 7 heteroatoms. The zero-order valence-electron chi connectivity index (χ0n) is 15.4. The number of aliphatic imine (C=N–C) groups is 1. The quantitative estimate of drug-likeness (QED) is 0.602. The molecule has 140 valence electrons. The van der Waals surface area contributed by atoms with Gasteiger partial charge in [0.15, 0.2) is 5.96 Å². The molecule has 3 rings (SSSR count). The zero-order chi connectivity index (χ0) is 18.2. The van der Waals surface area contributed by atoms with Gasteiger partial charge in [-0.2, -0.15) is 0 Å². The Morgan fingerprint density at radius 1 is 1.35 bits per heavy atom. The first-order valence-corrected chi connectivity index (χ1v) is 10.0. The van der Waals surface area contributed by atoms with E-state index in [-0.39, 0.29) is 0 Å². The fourth-order valence-corrected chi connectivity index (χ4v) is 3.87. The molecule has 0 aromatic carbocycles. The molecule has 0 aliphatic carbocycles. The van der Waals surface area contributed by atoms with E-state index in [1.54, 1.807) is 6.20 Å². The maximum Gasteiger partial charge on any atom is 0.218 e. The molecule has 1 saturated heterocycles. The van der Waals surface area contributed by atoms with Crippen molar-refractivity contribution in [3.05, 3.63) is 41.4 Å². The summed E-state index contributed by atoms with van der Waals surface area (Å²) in [5.41, 5.74) is 1.03. The van der Waals surface area contributed by atoms with Crippen molar-refractivity contribution in [3.8, 4) is 5.88 Å². The average Bonchev–Trinajstić information content (AvgIpc) is 3.22. The van der Waals surface area contributed by atoms with Crippen LogP contribution in [0.4, 0.5) is 5.00 Å². The first-order chi connectivity index (χ1) is 12.8. The van der Waals surface area contributed by atoms with Crippen molar-refractivity contribution in [3.63, 3.8) is 0 Å². The summed E-state index contributed by atoms with van der Waals surface area (Å²) in [6, 6.07) is 8.71. The summed E-state index contributed by atoms with van der Waals surface area (Å²) in [5.74, 6) is 1.51. The highest BCUT2D eigenvalue weighted by atomic mass is 32.1. The van der Waals surface area contributed by atoms with Gasteiger partial charge in [0.25, 0.3) is 0 Å². The van der Waals surface area contributed by atoms with Crippen LogP contribution in [0, 0.1) is 0 Å². The first kappa shape index (κ1) is 18.5. The normalized spacial score (nSPS) is 15.8. The molecule has 0 spiro atoms. The second-order valence-corrected chi connectivity index (χ2v) is 7.11. The third-order valence-corrected chi connectivity index (χ3v) is 5.38. The Balaban J connectivity index is 1.48. The Morgan fingerprint density at radius 3 is 2.88 bits per heavy atom. The van der Waals surface area contributed by atoms with Gasteiger partial charge in [0, 0.05) is 44.5 Å². The summed E-state index contributed by atoms with van der Waals surface area (Å²) in [6.45, 7) is 5.37. The molecule has 6 nitrogen and oxygen atoms in total. The van der Waals surface area contributed by atoms with Crippen LogP contribution < -0.4 is 20.3 Å². The molecule has 0 amide bonds. The van der Waals surface area contributed by atoms with Crippen LogP contribution in [0.3, 0.4) is 0 Å². The highest BCUT2D eigenvalue weighted by molar-refractivity contribution is 7.14. The standard InChI is InChI=1S/C19H27N5OS/c1-3-25-18-15(6-4-10-21-18)14-22-19(20-2)23-16-8-11-24(12-9-16)17-7-5-13-26-17/h4-7,10,13,16H,3,8-9,11-12,14H2,1-2H3,(H2,20,22,23). The second kappa shape index (κ2) is 9.43. The largest absolute Gasteiger partial charge is 0.478 e. The van der Waals surface area contributed by atoms with Crippen molar-refractivity contribution in [2.24, 2.45) is 4.99 Å². The van der Waals surface area contributed by atoms with Crippen molar-refractivity contribution in [1.82, 2.24) is 15.6 Å². The van der Waals surface area contributed by atoms with Crippen LogP contribution >= 0.6 is 11.3 Å². The van der Waals surface area contributed by atoms with E-state index in [2.05, 4.69) is 43.0 Å². The number of anilines is 1. The Hall–Kier alpha value is -2.28. The number of guanidine groups is 1. The van der Waals surface area contributed by atoms with Gasteiger partial charge in [-0.1, -0.05) is 6.07 Å². The van der Waals surface area contributed by atoms with E-state index in [1.807, 2.05) is 37.4 Å². The number of nitrogens with one attached hydrogen (secondary N) is 2. The van der Waals surface area contributed by atoms with Crippen LogP contribution in [0.5, 0.6) is 5.88 Å². The minimum absolute atomic E-state index is 0.442. The van der Waals surface area contributed by atoms with Crippen molar-refractivity contribution >= 4 is 22.3 Å². The van der Waals surface area contributed by atoms with Crippen molar-refractivity contribution in [2.45, 2.75) is 32.4 Å². The number of aromatic nitrogens is 1. The van der Waals surface area contributed by atoms with Crippen LogP contribution in [0.1, 0.15) is 25.3 Å². The number of hydrogen-bond donors (Lipinski definition) is 2. The lowest BCUT2D eigenvalue weighted by Crippen LogP contribution is -2.48. The van der Waals surface area contributed by atoms with Crippen LogP contribution in [0.25, 0.3) is 0 Å². The van der Waals surface area contributed by atoms with E-state index in [4.69, 9.17) is 4.74 Å². The molecular weight excluding hydrogens is 346 g/mol. The van der Waals surface area contributed by atoms with Crippen LogP contribution in [0.15, 0.2) is 40.8 Å². The minimum atomic E-state index is 0.442. The van der Waals surface area contributed by atoms with Gasteiger partial charge < -0.3 is 20.3 Å². The van der Waals surface area contributed by atoms with E-state index in [0.717, 1.165) is 37.5 Å². The van der Waals surface area contributed by atoms with E-state index < -0.39 is 0 Å². The number of pyridine rings is 1. The Kier molecular flexibility index (Phi) is 6.71. The van der Waals surface area contributed by atoms with Gasteiger partial charge in [-0.05, 0) is 43.3 Å². The number of thiophene rings is 1. The van der Waals surface area contributed by atoms with Crippen molar-refractivity contribution < 1.29 is 4.74 Å². The molecule has 1 aliphatic heterocycles. The maximum atomic E-state index is 5.58. The number of rotatable bonds is 6. The molecule has 0 saturated carbocycles. The third-order valence-electron chi connectivity index (χ3n) is 4.45. The lowest BCUT2D eigenvalue weighted by Gasteiger charge is -2.33. The van der Waals surface area contributed by atoms with Gasteiger partial charge in [0.05, 0.1) is 11.6 Å². The fraction of sp³-hybridized carbons (Fsp3) is 0.474. The summed E-state index contributed by atoms with van der Waals surface area (Å²) < 4.78 is 5.58. The topological polar surface area (TPSA) is 61.8 Å². The monoisotopic (exact) mass is 373 g/mol. The van der Waals surface area contributed by atoms with Gasteiger partial charge in [-0.25, -0.2) is 4.98 Å². The predicted octanol–water partition coefficient (Wildman–Crippen LogP) is 2.88. The molecule has 2 aromatic heterocycles. The summed E-state index contributed by atoms with van der Waals surface area (Å²) in [4.78, 5) is 11.1. The molecule has 0 atom stereocenters. The fourth-order valence-electron chi connectivity index (χ4n) is 3.09. The lowest BCUT2D eigenvalue weighted by atomic mass is 10.1. The molecular formula is C19H27N5OS. The molecule has 2 aromatic rings. The lowest BCUT2D eigenvalue weighted by molar-refractivity contribution is 0.322. The molecule has 0 unspecified atom stereocenters. The van der Waals surface area contributed by atoms with Crippen LogP contribution in [-0.4, -0.2) is 43.7 Å². The van der Waals surface area contributed by atoms with Gasteiger partial charge >= 0.3 is 0 Å². The highest BCUT2D eigenvalue weighted by Crippen LogP contribution is 2.24. The Bertz CT molecular complexity index is 696. The number of ether oxygens (including phenoxy) is 1. The molecule has 0 radical (unpaired) electrons. The smallest absolute Gasteiger partial charge is 0.218 e. The first-order valence-electron chi connectivity index (χ1n) is 9.12. The van der Waals surface area contributed by atoms with E-state index in [0.29, 0.717) is 25.1 Å². The number of nitrogens with zero attached hydrogens (tertiary/aromatic N) is 3. The Morgan fingerprint density at radius 2 is 2.19 bits per heavy atom. The van der Waals surface area contributed by atoms with Gasteiger partial charge in [0.2, 0.25) is 5.88 Å². The molecule has 2 N–H and O–H groups in total. The molecule has 1 aliphatic rings. The Labute approximate surface area is 159 Å². The molecule has 0 bridgehead atoms. The van der Waals surface area contributed by atoms with Crippen LogP contribution in [-0.2, 0) is 6.54 Å². The molecule has 3 heterocycles. The van der Waals surface area contributed by atoms with E-state index in [9.17, 15) is 0 Å². The van der Waals surface area contributed by atoms with Crippen molar-refractivity contribution in [1.29, 1.82) is 0 Å². The highest BCUT2D eigenvalue weighted by Gasteiger charge is 2.20. The van der Waals surface area contributed by atoms with Crippen LogP contribution in [0.2, 0.25) is 0 Å². The third kappa shape index (κ3) is 4.88. The van der Waals surface area contributed by atoms with E-state index >= 15 is 0 Å². The van der Waals surface area contributed by atoms with Gasteiger partial charge in [0.1, 0.15) is 0 Å². The van der Waals surface area contributed by atoms with Crippen molar-refractivity contribution in [2.75, 3.05) is 31.6 Å². The maximum absolute atomic E-state index is 5.58. The number of piperidine rings is 1. The summed E-state index contributed by atoms with van der Waals surface area (Å²) in [5, 5.41) is 10.4. The summed E-state index contributed by atoms with van der Waals surface area (Å²) >= 11 is 1.81. The average molecular weight is 374 g/mol. The summed E-state index contributed by atoms with van der Waals surface area (Å²) in [7, 11) is 1.81. The predicted molar refractivity (Wildman–Crippen MR) is 108 cm³/mol. The molecule has 26 heavy (non-hydrogen) atoms. The zero-order valence-corrected chi connectivity index (χ0v) is 16.3. The molecule has 1 fully saturated rings. The van der Waals surface area contributed by atoms with E-state index in [1.165, 1.54) is 5.00 Å². The van der Waals surface area contributed by atoms with Gasteiger partial charge in [-0.15, -0.1) is 11.3 Å². The van der Waals surface area contributed by atoms with Gasteiger partial charge in [-0.3, -0.25) is 4.99 Å². The second-order valence-electron chi connectivity index (χ2n) is 6.18. The minimum Gasteiger partial charge on any atom is -0.478 e. The summed E-state index contributed by atoms with van der Waals surface area (Å²) in [6.07, 6.45) is 3.97. The number of hydrogen-bond acceptors (Lipinski definition) is 5. The SMILES string of the molecule is CCOc1ncccc1CNC(=NC)NC1CCN(c2cccs2)CC1.